The standard InChI is InChI=1S/C28H35ClO/c29-24-3-1-23(2-4-24)27-12-21-8-22(13-27)15-28(14-21,17-27)25(16-30)26-9-18-5-19(10-26)7-20(6-18)11-26/h1-4,16,18-22,25H,5-15,17H2. The van der Waals surface area contributed by atoms with Crippen LogP contribution in [0.5, 0.6) is 0 Å². The minimum atomic E-state index is 0.275. The summed E-state index contributed by atoms with van der Waals surface area (Å²) in [6.07, 6.45) is 18.1. The van der Waals surface area contributed by atoms with Crippen molar-refractivity contribution in [2.24, 2.45) is 46.3 Å². The molecule has 8 aliphatic carbocycles. The topological polar surface area (TPSA) is 17.1 Å². The highest BCUT2D eigenvalue weighted by Crippen LogP contribution is 2.73. The van der Waals surface area contributed by atoms with Crippen LogP contribution < -0.4 is 0 Å². The van der Waals surface area contributed by atoms with Crippen LogP contribution in [-0.4, -0.2) is 6.29 Å². The molecule has 3 atom stereocenters. The molecule has 1 aromatic carbocycles. The second kappa shape index (κ2) is 6.15. The van der Waals surface area contributed by atoms with E-state index in [1.54, 1.807) is 0 Å². The summed E-state index contributed by atoms with van der Waals surface area (Å²) in [4.78, 5) is 13.0. The van der Waals surface area contributed by atoms with Gasteiger partial charge in [-0.05, 0) is 141 Å². The molecule has 0 N–H and O–H groups in total. The number of benzene rings is 1. The van der Waals surface area contributed by atoms with E-state index in [9.17, 15) is 4.79 Å². The van der Waals surface area contributed by atoms with Crippen LogP contribution in [0.3, 0.4) is 0 Å². The highest BCUT2D eigenvalue weighted by Gasteiger charge is 2.65. The Labute approximate surface area is 186 Å². The van der Waals surface area contributed by atoms with E-state index in [1.165, 1.54) is 88.9 Å². The summed E-state index contributed by atoms with van der Waals surface area (Å²) in [5, 5.41) is 0.845. The molecule has 8 aliphatic rings. The maximum atomic E-state index is 13.0. The smallest absolute Gasteiger partial charge is 0.124 e. The highest BCUT2D eigenvalue weighted by atomic mass is 35.5. The molecule has 0 aliphatic heterocycles. The highest BCUT2D eigenvalue weighted by molar-refractivity contribution is 6.30. The zero-order valence-electron chi connectivity index (χ0n) is 18.1. The van der Waals surface area contributed by atoms with Crippen molar-refractivity contribution in [2.45, 2.75) is 82.5 Å². The Kier molecular flexibility index (Phi) is 3.84. The molecule has 0 aromatic heterocycles. The van der Waals surface area contributed by atoms with E-state index < -0.39 is 0 Å². The van der Waals surface area contributed by atoms with Gasteiger partial charge in [0, 0.05) is 10.9 Å². The lowest BCUT2D eigenvalue weighted by atomic mass is 9.36. The third kappa shape index (κ3) is 2.51. The van der Waals surface area contributed by atoms with E-state index in [-0.39, 0.29) is 5.41 Å². The summed E-state index contributed by atoms with van der Waals surface area (Å²) in [6.45, 7) is 0. The molecule has 8 saturated carbocycles. The lowest BCUT2D eigenvalue weighted by Crippen LogP contribution is -2.61. The van der Waals surface area contributed by atoms with Gasteiger partial charge in [0.15, 0.2) is 0 Å². The van der Waals surface area contributed by atoms with E-state index in [4.69, 9.17) is 11.6 Å². The molecule has 8 bridgehead atoms. The zero-order chi connectivity index (χ0) is 20.1. The van der Waals surface area contributed by atoms with E-state index in [2.05, 4.69) is 24.3 Å². The molecule has 0 heterocycles. The van der Waals surface area contributed by atoms with Crippen molar-refractivity contribution in [3.63, 3.8) is 0 Å². The molecule has 1 nitrogen and oxygen atoms in total. The fourth-order valence-corrected chi connectivity index (χ4v) is 11.5. The minimum Gasteiger partial charge on any atom is -0.303 e. The molecular formula is C28H35ClO. The van der Waals surface area contributed by atoms with Crippen LogP contribution in [0.2, 0.25) is 5.02 Å². The van der Waals surface area contributed by atoms with Crippen molar-refractivity contribution in [1.29, 1.82) is 0 Å². The summed E-state index contributed by atoms with van der Waals surface area (Å²) in [6, 6.07) is 8.81. The third-order valence-electron chi connectivity index (χ3n) is 11.1. The second-order valence-electron chi connectivity index (χ2n) is 13.0. The Balaban J connectivity index is 1.30. The molecule has 2 heteroatoms. The number of hydrogen-bond acceptors (Lipinski definition) is 1. The lowest BCUT2D eigenvalue weighted by molar-refractivity contribution is -0.177. The van der Waals surface area contributed by atoms with E-state index in [0.29, 0.717) is 16.7 Å². The fourth-order valence-electron chi connectivity index (χ4n) is 11.3. The van der Waals surface area contributed by atoms with Gasteiger partial charge in [0.25, 0.3) is 0 Å². The maximum Gasteiger partial charge on any atom is 0.124 e. The van der Waals surface area contributed by atoms with Crippen LogP contribution in [0.15, 0.2) is 24.3 Å². The normalized spacial score (nSPS) is 51.3. The molecule has 0 spiro atoms. The summed E-state index contributed by atoms with van der Waals surface area (Å²) in [5.74, 6) is 4.76. The van der Waals surface area contributed by atoms with Gasteiger partial charge in [-0.25, -0.2) is 0 Å². The van der Waals surface area contributed by atoms with Crippen molar-refractivity contribution >= 4 is 17.9 Å². The predicted octanol–water partition coefficient (Wildman–Crippen LogP) is 7.21. The van der Waals surface area contributed by atoms with Gasteiger partial charge in [-0.3, -0.25) is 0 Å². The summed E-state index contributed by atoms with van der Waals surface area (Å²) in [5.41, 5.74) is 2.44. The van der Waals surface area contributed by atoms with Crippen LogP contribution in [0, 0.1) is 46.3 Å². The minimum absolute atomic E-state index is 0.275. The van der Waals surface area contributed by atoms with Crippen LogP contribution in [0.25, 0.3) is 0 Å². The number of hydrogen-bond donors (Lipinski definition) is 0. The average molecular weight is 423 g/mol. The first-order valence-electron chi connectivity index (χ1n) is 12.7. The monoisotopic (exact) mass is 422 g/mol. The van der Waals surface area contributed by atoms with Crippen molar-refractivity contribution < 1.29 is 4.79 Å². The Morgan fingerprint density at radius 2 is 1.23 bits per heavy atom. The first kappa shape index (κ1) is 18.7. The Morgan fingerprint density at radius 3 is 1.77 bits per heavy atom. The molecule has 0 radical (unpaired) electrons. The first-order chi connectivity index (χ1) is 14.5. The van der Waals surface area contributed by atoms with Crippen molar-refractivity contribution in [1.82, 2.24) is 0 Å². The number of carbonyl (C=O) groups is 1. The second-order valence-corrected chi connectivity index (χ2v) is 13.4. The summed E-state index contributed by atoms with van der Waals surface area (Å²) in [7, 11) is 0. The van der Waals surface area contributed by atoms with Gasteiger partial charge in [0.2, 0.25) is 0 Å². The zero-order valence-corrected chi connectivity index (χ0v) is 18.9. The SMILES string of the molecule is O=CC(C12CC3CC(CC(C3)C1)C2)C12CC3CC(CC(c4ccc(Cl)cc4)(C3)C1)C2. The van der Waals surface area contributed by atoms with Crippen molar-refractivity contribution in [3.05, 3.63) is 34.9 Å². The summed E-state index contributed by atoms with van der Waals surface area (Å²) < 4.78 is 0. The maximum absolute atomic E-state index is 13.0. The Hall–Kier alpha value is -0.820. The summed E-state index contributed by atoms with van der Waals surface area (Å²) >= 11 is 6.25. The van der Waals surface area contributed by atoms with Gasteiger partial charge in [0.1, 0.15) is 6.29 Å². The quantitative estimate of drug-likeness (QED) is 0.468. The predicted molar refractivity (Wildman–Crippen MR) is 120 cm³/mol. The van der Waals surface area contributed by atoms with Gasteiger partial charge < -0.3 is 4.79 Å². The average Bonchev–Trinajstić information content (AvgIpc) is 2.66. The fraction of sp³-hybridized carbons (Fsp3) is 0.750. The van der Waals surface area contributed by atoms with Crippen molar-refractivity contribution in [2.75, 3.05) is 0 Å². The first-order valence-corrected chi connectivity index (χ1v) is 13.1. The van der Waals surface area contributed by atoms with Crippen molar-refractivity contribution in [3.8, 4) is 0 Å². The molecule has 0 saturated heterocycles. The molecule has 3 unspecified atom stereocenters. The molecule has 160 valence electrons. The molecule has 0 amide bonds. The Bertz CT molecular complexity index is 820. The third-order valence-corrected chi connectivity index (χ3v) is 11.4. The van der Waals surface area contributed by atoms with Crippen LogP contribution in [0.1, 0.15) is 82.6 Å². The van der Waals surface area contributed by atoms with Gasteiger partial charge in [0.05, 0.1) is 0 Å². The number of carbonyl (C=O) groups excluding carboxylic acids is 1. The van der Waals surface area contributed by atoms with Gasteiger partial charge >= 0.3 is 0 Å². The number of aldehydes is 1. The largest absolute Gasteiger partial charge is 0.303 e. The van der Waals surface area contributed by atoms with Gasteiger partial charge in [-0.15, -0.1) is 0 Å². The molecular weight excluding hydrogens is 388 g/mol. The Morgan fingerprint density at radius 1 is 0.733 bits per heavy atom. The molecule has 9 rings (SSSR count). The lowest BCUT2D eigenvalue weighted by Gasteiger charge is -2.68. The van der Waals surface area contributed by atoms with Crippen LogP contribution in [-0.2, 0) is 10.2 Å². The van der Waals surface area contributed by atoms with E-state index >= 15 is 0 Å². The van der Waals surface area contributed by atoms with Crippen LogP contribution in [0.4, 0.5) is 0 Å². The number of halogens is 1. The number of rotatable bonds is 4. The molecule has 1 aromatic rings. The van der Waals surface area contributed by atoms with Crippen LogP contribution >= 0.6 is 11.6 Å². The van der Waals surface area contributed by atoms with Gasteiger partial charge in [-0.2, -0.15) is 0 Å². The van der Waals surface area contributed by atoms with E-state index in [0.717, 1.165) is 34.6 Å². The van der Waals surface area contributed by atoms with Gasteiger partial charge in [-0.1, -0.05) is 23.7 Å². The van der Waals surface area contributed by atoms with E-state index in [1.807, 2.05) is 0 Å². The molecule has 30 heavy (non-hydrogen) atoms. The molecule has 8 fully saturated rings.